The molecule has 0 aliphatic rings. The molecule has 0 radical (unpaired) electrons. The van der Waals surface area contributed by atoms with Crippen molar-refractivity contribution in [3.63, 3.8) is 0 Å². The zero-order valence-corrected chi connectivity index (χ0v) is 10.5. The van der Waals surface area contributed by atoms with E-state index in [1.807, 2.05) is 0 Å². The van der Waals surface area contributed by atoms with Gasteiger partial charge < -0.3 is 25.5 Å². The van der Waals surface area contributed by atoms with Crippen LogP contribution in [0.15, 0.2) is 0 Å². The van der Waals surface area contributed by atoms with Crippen LogP contribution in [0.25, 0.3) is 0 Å². The molecular formula is C4H5NNa2O4. The van der Waals surface area contributed by atoms with Gasteiger partial charge in [-0.15, -0.1) is 0 Å². The summed E-state index contributed by atoms with van der Waals surface area (Å²) in [4.78, 5) is 19.3. The van der Waals surface area contributed by atoms with E-state index in [2.05, 4.69) is 0 Å². The van der Waals surface area contributed by atoms with E-state index in [4.69, 9.17) is 5.73 Å². The Kier molecular flexibility index (Phi) is 14.6. The summed E-state index contributed by atoms with van der Waals surface area (Å²) in [5.41, 5.74) is 4.73. The Hall–Kier alpha value is 0.900. The molecule has 0 aromatic rings. The second-order valence-electron chi connectivity index (χ2n) is 1.50. The number of carbonyl (C=O) groups excluding carboxylic acids is 2. The van der Waals surface area contributed by atoms with E-state index in [9.17, 15) is 19.8 Å². The van der Waals surface area contributed by atoms with Crippen LogP contribution < -0.4 is 75.1 Å². The third-order valence-electron chi connectivity index (χ3n) is 0.689. The van der Waals surface area contributed by atoms with Crippen molar-refractivity contribution in [2.75, 3.05) is 0 Å². The van der Waals surface area contributed by atoms with Crippen LogP contribution in [0.2, 0.25) is 0 Å². The maximum atomic E-state index is 9.71. The van der Waals surface area contributed by atoms with Gasteiger partial charge in [-0.05, 0) is 0 Å². The summed E-state index contributed by atoms with van der Waals surface area (Å²) in [7, 11) is 0. The fraction of sp³-hybridized carbons (Fsp3) is 0.500. The average molecular weight is 177 g/mol. The van der Waals surface area contributed by atoms with Crippen LogP contribution in [0, 0.1) is 0 Å². The largest absolute Gasteiger partial charge is 1.00 e. The standard InChI is InChI=1S/C4H7NO4.2Na/c5-2(4(8)9)1-3(6)7;;/h2H,1,5H2,(H,6,7)(H,8,9);;/q;2*+1/p-2/t2-;;/m1../s1. The first-order valence-electron chi connectivity index (χ1n) is 2.20. The molecular weight excluding hydrogens is 172 g/mol. The third kappa shape index (κ3) is 10.9. The van der Waals surface area contributed by atoms with Crippen LogP contribution in [0.1, 0.15) is 6.42 Å². The first-order chi connectivity index (χ1) is 4.04. The van der Waals surface area contributed by atoms with Gasteiger partial charge in [-0.2, -0.15) is 0 Å². The molecule has 0 aromatic carbocycles. The van der Waals surface area contributed by atoms with E-state index in [0.717, 1.165) is 0 Å². The van der Waals surface area contributed by atoms with E-state index in [1.54, 1.807) is 0 Å². The summed E-state index contributed by atoms with van der Waals surface area (Å²) in [6, 6.07) is -1.46. The molecule has 0 heterocycles. The van der Waals surface area contributed by atoms with Crippen molar-refractivity contribution in [3.05, 3.63) is 0 Å². The van der Waals surface area contributed by atoms with Crippen molar-refractivity contribution >= 4 is 11.9 Å². The minimum absolute atomic E-state index is 0. The molecule has 7 heteroatoms. The van der Waals surface area contributed by atoms with E-state index in [-0.39, 0.29) is 59.1 Å². The van der Waals surface area contributed by atoms with Crippen molar-refractivity contribution < 1.29 is 78.9 Å². The molecule has 2 N–H and O–H groups in total. The van der Waals surface area contributed by atoms with Gasteiger partial charge in [0.25, 0.3) is 0 Å². The Morgan fingerprint density at radius 2 is 1.64 bits per heavy atom. The van der Waals surface area contributed by atoms with Crippen molar-refractivity contribution in [1.82, 2.24) is 0 Å². The number of hydrogen-bond donors (Lipinski definition) is 1. The van der Waals surface area contributed by atoms with Gasteiger partial charge in [0.1, 0.15) is 0 Å². The van der Waals surface area contributed by atoms with Crippen molar-refractivity contribution in [3.8, 4) is 0 Å². The minimum Gasteiger partial charge on any atom is -0.550 e. The van der Waals surface area contributed by atoms with Gasteiger partial charge in [-0.3, -0.25) is 0 Å². The van der Waals surface area contributed by atoms with Crippen LogP contribution in [0.5, 0.6) is 0 Å². The van der Waals surface area contributed by atoms with Crippen molar-refractivity contribution in [2.24, 2.45) is 5.73 Å². The van der Waals surface area contributed by atoms with Gasteiger partial charge in [0.05, 0.1) is 5.97 Å². The Balaban J connectivity index is -0.000000320. The predicted octanol–water partition coefficient (Wildman–Crippen LogP) is -9.79. The van der Waals surface area contributed by atoms with Gasteiger partial charge in [0.15, 0.2) is 0 Å². The predicted molar refractivity (Wildman–Crippen MR) is 22.6 cm³/mol. The number of carboxylic acids is 2. The molecule has 0 saturated carbocycles. The average Bonchev–Trinajstić information content (AvgIpc) is 1.63. The monoisotopic (exact) mass is 177 g/mol. The fourth-order valence-electron chi connectivity index (χ4n) is 0.263. The second-order valence-corrected chi connectivity index (χ2v) is 1.50. The summed E-state index contributed by atoms with van der Waals surface area (Å²) in [6.07, 6.45) is -0.706. The van der Waals surface area contributed by atoms with Crippen molar-refractivity contribution in [2.45, 2.75) is 12.5 Å². The maximum absolute atomic E-state index is 9.71. The summed E-state index contributed by atoms with van der Waals surface area (Å²) < 4.78 is 0. The van der Waals surface area contributed by atoms with E-state index < -0.39 is 24.4 Å². The SMILES string of the molecule is N[C@H](CC(=O)[O-])C(=O)[O-].[Na+].[Na+]. The smallest absolute Gasteiger partial charge is 0.550 e. The van der Waals surface area contributed by atoms with Crippen LogP contribution in [0.3, 0.4) is 0 Å². The number of aliphatic carboxylic acids is 2. The van der Waals surface area contributed by atoms with E-state index in [0.29, 0.717) is 0 Å². The number of rotatable bonds is 3. The zero-order valence-electron chi connectivity index (χ0n) is 6.49. The minimum atomic E-state index is -1.58. The molecule has 0 amide bonds. The fourth-order valence-corrected chi connectivity index (χ4v) is 0.263. The quantitative estimate of drug-likeness (QED) is 0.431. The summed E-state index contributed by atoms with van der Waals surface area (Å²) in [6.45, 7) is 0. The molecule has 52 valence electrons. The molecule has 0 saturated heterocycles. The van der Waals surface area contributed by atoms with Gasteiger partial charge >= 0.3 is 59.1 Å². The molecule has 0 bridgehead atoms. The molecule has 0 aromatic heterocycles. The molecule has 0 spiro atoms. The van der Waals surface area contributed by atoms with Crippen LogP contribution in [-0.2, 0) is 9.59 Å². The summed E-state index contributed by atoms with van der Waals surface area (Å²) >= 11 is 0. The first kappa shape index (κ1) is 17.8. The normalized spacial score (nSPS) is 10.3. The zero-order chi connectivity index (χ0) is 7.44. The van der Waals surface area contributed by atoms with Crippen molar-refractivity contribution in [1.29, 1.82) is 0 Å². The molecule has 0 aliphatic carbocycles. The van der Waals surface area contributed by atoms with Crippen LogP contribution >= 0.6 is 0 Å². The molecule has 5 nitrogen and oxygen atoms in total. The maximum Gasteiger partial charge on any atom is 1.00 e. The Morgan fingerprint density at radius 1 is 1.27 bits per heavy atom. The number of carbonyl (C=O) groups is 2. The molecule has 0 fully saturated rings. The molecule has 0 unspecified atom stereocenters. The van der Waals surface area contributed by atoms with Crippen LogP contribution in [-0.4, -0.2) is 18.0 Å². The summed E-state index contributed by atoms with van der Waals surface area (Å²) in [5, 5.41) is 19.3. The van der Waals surface area contributed by atoms with Gasteiger partial charge in [-0.25, -0.2) is 0 Å². The Bertz CT molecular complexity index is 140. The Labute approximate surface area is 108 Å². The van der Waals surface area contributed by atoms with E-state index >= 15 is 0 Å². The second kappa shape index (κ2) is 8.99. The molecule has 1 atom stereocenters. The van der Waals surface area contributed by atoms with Crippen LogP contribution in [0.4, 0.5) is 0 Å². The van der Waals surface area contributed by atoms with Gasteiger partial charge in [0, 0.05) is 18.4 Å². The van der Waals surface area contributed by atoms with Gasteiger partial charge in [0.2, 0.25) is 0 Å². The molecule has 0 aliphatic heterocycles. The molecule has 0 rings (SSSR count). The van der Waals surface area contributed by atoms with E-state index in [1.165, 1.54) is 0 Å². The summed E-state index contributed by atoms with van der Waals surface area (Å²) in [5.74, 6) is -3.08. The number of carboxylic acid groups (broad SMARTS) is 2. The Morgan fingerprint density at radius 3 is 1.73 bits per heavy atom. The number of nitrogens with two attached hydrogens (primary N) is 1. The molecule has 11 heavy (non-hydrogen) atoms. The first-order valence-corrected chi connectivity index (χ1v) is 2.20. The van der Waals surface area contributed by atoms with Gasteiger partial charge in [-0.1, -0.05) is 0 Å². The topological polar surface area (TPSA) is 106 Å². The third-order valence-corrected chi connectivity index (χ3v) is 0.689. The number of hydrogen-bond acceptors (Lipinski definition) is 5.